The smallest absolute Gasteiger partial charge is 0.231 e. The lowest BCUT2D eigenvalue weighted by molar-refractivity contribution is -0.277. The zero-order valence-corrected chi connectivity index (χ0v) is 19.1. The lowest BCUT2D eigenvalue weighted by Crippen LogP contribution is -2.60. The van der Waals surface area contributed by atoms with Gasteiger partial charge in [0.15, 0.2) is 11.5 Å². The second kappa shape index (κ2) is 9.14. The normalized spacial score (nSPS) is 25.7. The molecule has 0 spiro atoms. The van der Waals surface area contributed by atoms with Gasteiger partial charge in [-0.1, -0.05) is 13.0 Å². The van der Waals surface area contributed by atoms with Gasteiger partial charge in [-0.15, -0.1) is 0 Å². The largest absolute Gasteiger partial charge is 0.462 e. The minimum absolute atomic E-state index is 0.126. The average Bonchev–Trinajstić information content (AvgIpc) is 3.32. The van der Waals surface area contributed by atoms with Crippen molar-refractivity contribution in [3.63, 3.8) is 0 Å². The highest BCUT2D eigenvalue weighted by atomic mass is 16.7. The fraction of sp³-hybridized carbons (Fsp3) is 0.400. The molecular weight excluding hydrogens is 460 g/mol. The van der Waals surface area contributed by atoms with Gasteiger partial charge < -0.3 is 43.8 Å². The van der Waals surface area contributed by atoms with E-state index < -0.39 is 37.3 Å². The van der Waals surface area contributed by atoms with Crippen molar-refractivity contribution in [1.29, 1.82) is 0 Å². The predicted octanol–water partition coefficient (Wildman–Crippen LogP) is 1.24. The van der Waals surface area contributed by atoms with Crippen molar-refractivity contribution >= 4 is 11.0 Å². The van der Waals surface area contributed by atoms with Crippen LogP contribution in [0.1, 0.15) is 18.2 Å². The van der Waals surface area contributed by atoms with Crippen LogP contribution < -0.4 is 19.6 Å². The van der Waals surface area contributed by atoms with Crippen LogP contribution in [0, 0.1) is 6.92 Å². The quantitative estimate of drug-likeness (QED) is 0.415. The van der Waals surface area contributed by atoms with E-state index in [-0.39, 0.29) is 23.6 Å². The van der Waals surface area contributed by atoms with Crippen LogP contribution in [0.3, 0.4) is 0 Å². The Bertz CT molecular complexity index is 1310. The molecule has 35 heavy (non-hydrogen) atoms. The van der Waals surface area contributed by atoms with Gasteiger partial charge in [-0.25, -0.2) is 0 Å². The molecule has 2 aliphatic heterocycles. The number of rotatable bonds is 5. The van der Waals surface area contributed by atoms with Crippen LogP contribution >= 0.6 is 0 Å². The molecule has 0 aliphatic carbocycles. The van der Waals surface area contributed by atoms with Crippen molar-refractivity contribution in [3.05, 3.63) is 51.9 Å². The minimum atomic E-state index is -1.57. The zero-order valence-electron chi connectivity index (χ0n) is 19.1. The summed E-state index contributed by atoms with van der Waals surface area (Å²) in [5.74, 6) is 1.84. The summed E-state index contributed by atoms with van der Waals surface area (Å²) in [6.07, 6.45) is -6.60. The van der Waals surface area contributed by atoms with Crippen molar-refractivity contribution in [2.24, 2.45) is 0 Å². The molecular formula is C25H26O10. The molecule has 3 heterocycles. The number of hydrogen-bond donors (Lipinski definition) is 4. The molecule has 0 saturated carbocycles. The SMILES string of the molecule is CCc1cc2c(=O)c(-c3ccc4c(c3)OCO4)c(C)oc2cc1O[C@H]1O[C@H](CO)[C@@H](O)[C@H](O)[C@@H]1O. The Morgan fingerprint density at radius 1 is 1.03 bits per heavy atom. The fourth-order valence-corrected chi connectivity index (χ4v) is 4.44. The molecule has 5 rings (SSSR count). The number of aryl methyl sites for hydroxylation is 2. The van der Waals surface area contributed by atoms with E-state index in [2.05, 4.69) is 0 Å². The molecule has 186 valence electrons. The maximum absolute atomic E-state index is 13.5. The minimum Gasteiger partial charge on any atom is -0.462 e. The summed E-state index contributed by atoms with van der Waals surface area (Å²) >= 11 is 0. The van der Waals surface area contributed by atoms with Gasteiger partial charge in [0.25, 0.3) is 0 Å². The summed E-state index contributed by atoms with van der Waals surface area (Å²) in [6, 6.07) is 8.46. The second-order valence-electron chi connectivity index (χ2n) is 8.56. The van der Waals surface area contributed by atoms with Gasteiger partial charge in [0, 0.05) is 6.07 Å². The Hall–Kier alpha value is -3.15. The summed E-state index contributed by atoms with van der Waals surface area (Å²) in [4.78, 5) is 13.5. The molecule has 1 fully saturated rings. The first-order chi connectivity index (χ1) is 16.8. The van der Waals surface area contributed by atoms with E-state index in [1.54, 1.807) is 31.2 Å². The van der Waals surface area contributed by atoms with E-state index in [1.165, 1.54) is 6.07 Å². The van der Waals surface area contributed by atoms with Crippen LogP contribution in [-0.4, -0.2) is 64.5 Å². The molecule has 3 aromatic rings. The predicted molar refractivity (Wildman–Crippen MR) is 123 cm³/mol. The third-order valence-electron chi connectivity index (χ3n) is 6.38. The first-order valence-corrected chi connectivity index (χ1v) is 11.3. The van der Waals surface area contributed by atoms with Crippen molar-refractivity contribution in [2.75, 3.05) is 13.4 Å². The summed E-state index contributed by atoms with van der Waals surface area (Å²) < 4.78 is 28.1. The van der Waals surface area contributed by atoms with Crippen LogP contribution in [0.25, 0.3) is 22.1 Å². The third kappa shape index (κ3) is 4.03. The summed E-state index contributed by atoms with van der Waals surface area (Å²) in [7, 11) is 0. The molecule has 10 nitrogen and oxygen atoms in total. The van der Waals surface area contributed by atoms with Crippen LogP contribution in [-0.2, 0) is 11.2 Å². The average molecular weight is 486 g/mol. The summed E-state index contributed by atoms with van der Waals surface area (Å²) in [6.45, 7) is 3.11. The topological polar surface area (TPSA) is 148 Å². The van der Waals surface area contributed by atoms with Crippen molar-refractivity contribution in [3.8, 4) is 28.4 Å². The summed E-state index contributed by atoms with van der Waals surface area (Å²) in [5.41, 5.74) is 1.73. The molecule has 2 aliphatic rings. The number of hydrogen-bond acceptors (Lipinski definition) is 10. The highest BCUT2D eigenvalue weighted by Gasteiger charge is 2.45. The van der Waals surface area contributed by atoms with Crippen LogP contribution in [0.15, 0.2) is 39.5 Å². The van der Waals surface area contributed by atoms with Crippen molar-refractivity contribution in [1.82, 2.24) is 0 Å². The van der Waals surface area contributed by atoms with E-state index in [0.717, 1.165) is 0 Å². The lowest BCUT2D eigenvalue weighted by Gasteiger charge is -2.39. The lowest BCUT2D eigenvalue weighted by atomic mass is 9.99. The monoisotopic (exact) mass is 486 g/mol. The molecule has 10 heteroatoms. The Morgan fingerprint density at radius 2 is 1.80 bits per heavy atom. The van der Waals surface area contributed by atoms with Gasteiger partial charge in [-0.2, -0.15) is 0 Å². The molecule has 0 radical (unpaired) electrons. The Kier molecular flexibility index (Phi) is 6.16. The van der Waals surface area contributed by atoms with Gasteiger partial charge >= 0.3 is 0 Å². The fourth-order valence-electron chi connectivity index (χ4n) is 4.44. The highest BCUT2D eigenvalue weighted by Crippen LogP contribution is 2.37. The molecule has 5 atom stereocenters. The molecule has 0 amide bonds. The van der Waals surface area contributed by atoms with Crippen LogP contribution in [0.5, 0.6) is 17.2 Å². The van der Waals surface area contributed by atoms with Gasteiger partial charge in [0.1, 0.15) is 41.5 Å². The van der Waals surface area contributed by atoms with E-state index in [0.29, 0.717) is 45.8 Å². The van der Waals surface area contributed by atoms with Gasteiger partial charge in [-0.3, -0.25) is 4.79 Å². The standard InChI is InChI=1S/C25H26O10/c1-3-12-6-14-17(8-16(12)34-25-24(30)23(29)22(28)19(9-26)35-25)33-11(2)20(21(14)27)13-4-5-15-18(7-13)32-10-31-15/h4-8,19,22-26,28-30H,3,9-10H2,1-2H3/t19-,22-,23+,24+,25+/m1/s1. The number of ether oxygens (including phenoxy) is 4. The Labute approximate surface area is 199 Å². The third-order valence-corrected chi connectivity index (χ3v) is 6.38. The van der Waals surface area contributed by atoms with Gasteiger partial charge in [0.05, 0.1) is 17.6 Å². The van der Waals surface area contributed by atoms with E-state index in [9.17, 15) is 25.2 Å². The van der Waals surface area contributed by atoms with E-state index >= 15 is 0 Å². The van der Waals surface area contributed by atoms with E-state index in [4.69, 9.17) is 23.4 Å². The maximum atomic E-state index is 13.5. The molecule has 2 aromatic carbocycles. The molecule has 4 N–H and O–H groups in total. The number of aliphatic hydroxyl groups is 4. The Morgan fingerprint density at radius 3 is 2.54 bits per heavy atom. The Balaban J connectivity index is 1.54. The van der Waals surface area contributed by atoms with Crippen molar-refractivity contribution < 1.29 is 43.8 Å². The highest BCUT2D eigenvalue weighted by molar-refractivity contribution is 5.85. The summed E-state index contributed by atoms with van der Waals surface area (Å²) in [5, 5.41) is 40.2. The molecule has 1 aromatic heterocycles. The zero-order chi connectivity index (χ0) is 24.9. The molecule has 0 bridgehead atoms. The molecule has 0 unspecified atom stereocenters. The first kappa shape index (κ1) is 23.6. The van der Waals surface area contributed by atoms with E-state index in [1.807, 2.05) is 6.92 Å². The van der Waals surface area contributed by atoms with Gasteiger partial charge in [0.2, 0.25) is 18.5 Å². The van der Waals surface area contributed by atoms with Gasteiger partial charge in [-0.05, 0) is 42.7 Å². The van der Waals surface area contributed by atoms with Crippen LogP contribution in [0.2, 0.25) is 0 Å². The number of aliphatic hydroxyl groups excluding tert-OH is 4. The maximum Gasteiger partial charge on any atom is 0.231 e. The number of fused-ring (bicyclic) bond motifs is 2. The number of benzene rings is 2. The second-order valence-corrected chi connectivity index (χ2v) is 8.56. The first-order valence-electron chi connectivity index (χ1n) is 11.3. The van der Waals surface area contributed by atoms with Crippen LogP contribution in [0.4, 0.5) is 0 Å². The molecule has 1 saturated heterocycles. The van der Waals surface area contributed by atoms with Crippen molar-refractivity contribution in [2.45, 2.75) is 51.0 Å².